The van der Waals surface area contributed by atoms with Gasteiger partial charge in [-0.25, -0.2) is 0 Å². The molecule has 280 valence electrons. The summed E-state index contributed by atoms with van der Waals surface area (Å²) in [7, 11) is 0. The Morgan fingerprint density at radius 3 is 1.24 bits per heavy atom. The maximum Gasteiger partial charge on any atom is 0.137 e. The number of rotatable bonds is 22. The molecular weight excluding hydrogens is 685 g/mol. The summed E-state index contributed by atoms with van der Waals surface area (Å²) >= 11 is 0. The Morgan fingerprint density at radius 1 is 0.455 bits per heavy atom. The summed E-state index contributed by atoms with van der Waals surface area (Å²) in [5.74, 6) is 1.48. The normalized spacial score (nSPS) is 12.5. The van der Waals surface area contributed by atoms with Crippen molar-refractivity contribution in [2.75, 3.05) is 26.4 Å². The topological polar surface area (TPSA) is 87.4 Å². The SMILES string of the molecule is C(=N[C@H](COCc1ccccc1)c1ccccc1)c1ccc(OCCCCCOc2ccc(C=N[C@H](COCc3ccccc3)c3ccccc3)nc2)cn1. The third-order valence-corrected chi connectivity index (χ3v) is 8.76. The van der Waals surface area contributed by atoms with Gasteiger partial charge < -0.3 is 18.9 Å². The Balaban J connectivity index is 0.875. The van der Waals surface area contributed by atoms with Crippen molar-refractivity contribution in [3.8, 4) is 11.5 Å². The van der Waals surface area contributed by atoms with Crippen LogP contribution in [0.5, 0.6) is 11.5 Å². The van der Waals surface area contributed by atoms with Crippen molar-refractivity contribution in [3.05, 3.63) is 192 Å². The van der Waals surface area contributed by atoms with Gasteiger partial charge in [-0.3, -0.25) is 20.0 Å². The van der Waals surface area contributed by atoms with E-state index in [2.05, 4.69) is 58.5 Å². The largest absolute Gasteiger partial charge is 0.492 e. The van der Waals surface area contributed by atoms with Gasteiger partial charge in [-0.2, -0.15) is 0 Å². The highest BCUT2D eigenvalue weighted by molar-refractivity contribution is 5.77. The van der Waals surface area contributed by atoms with Crippen LogP contribution < -0.4 is 9.47 Å². The molecular formula is C47H48N4O4. The minimum absolute atomic E-state index is 0.128. The van der Waals surface area contributed by atoms with Crippen LogP contribution in [0.25, 0.3) is 0 Å². The van der Waals surface area contributed by atoms with Gasteiger partial charge in [-0.1, -0.05) is 121 Å². The Bertz CT molecular complexity index is 1830. The molecule has 0 unspecified atom stereocenters. The minimum Gasteiger partial charge on any atom is -0.492 e. The van der Waals surface area contributed by atoms with E-state index >= 15 is 0 Å². The van der Waals surface area contributed by atoms with E-state index < -0.39 is 0 Å². The summed E-state index contributed by atoms with van der Waals surface area (Å²) in [6.07, 6.45) is 9.91. The number of benzene rings is 4. The lowest BCUT2D eigenvalue weighted by molar-refractivity contribution is 0.108. The Labute approximate surface area is 324 Å². The molecule has 0 saturated heterocycles. The molecule has 0 aliphatic heterocycles. The number of pyridine rings is 2. The van der Waals surface area contributed by atoms with Crippen LogP contribution in [0.3, 0.4) is 0 Å². The number of nitrogens with zero attached hydrogens (tertiary/aromatic N) is 4. The zero-order valence-electron chi connectivity index (χ0n) is 31.1. The van der Waals surface area contributed by atoms with Crippen LogP contribution in [0.1, 0.15) is 65.0 Å². The van der Waals surface area contributed by atoms with Crippen LogP contribution in [-0.4, -0.2) is 48.8 Å². The Kier molecular flexibility index (Phi) is 15.7. The van der Waals surface area contributed by atoms with E-state index in [9.17, 15) is 0 Å². The number of hydrogen-bond acceptors (Lipinski definition) is 8. The summed E-state index contributed by atoms with van der Waals surface area (Å²) in [6.45, 7) is 3.26. The molecule has 4 aromatic carbocycles. The van der Waals surface area contributed by atoms with Crippen LogP contribution in [0.2, 0.25) is 0 Å². The van der Waals surface area contributed by atoms with Crippen molar-refractivity contribution < 1.29 is 18.9 Å². The van der Waals surface area contributed by atoms with Crippen molar-refractivity contribution in [2.45, 2.75) is 44.6 Å². The molecule has 6 rings (SSSR count). The number of ether oxygens (including phenoxy) is 4. The fourth-order valence-corrected chi connectivity index (χ4v) is 5.73. The first-order valence-electron chi connectivity index (χ1n) is 18.9. The van der Waals surface area contributed by atoms with E-state index in [0.29, 0.717) is 39.6 Å². The molecule has 0 fully saturated rings. The fourth-order valence-electron chi connectivity index (χ4n) is 5.73. The highest BCUT2D eigenvalue weighted by Crippen LogP contribution is 2.20. The maximum atomic E-state index is 6.02. The average Bonchev–Trinajstić information content (AvgIpc) is 3.25. The zero-order valence-corrected chi connectivity index (χ0v) is 31.1. The molecule has 2 aromatic heterocycles. The molecule has 0 saturated carbocycles. The van der Waals surface area contributed by atoms with E-state index in [1.54, 1.807) is 24.8 Å². The molecule has 8 nitrogen and oxygen atoms in total. The number of aromatic nitrogens is 2. The summed E-state index contributed by atoms with van der Waals surface area (Å²) in [5, 5.41) is 0. The second kappa shape index (κ2) is 22.3. The van der Waals surface area contributed by atoms with E-state index in [4.69, 9.17) is 28.9 Å². The third-order valence-electron chi connectivity index (χ3n) is 8.76. The number of aliphatic imine (C=N–C) groups is 2. The van der Waals surface area contributed by atoms with Gasteiger partial charge in [0.2, 0.25) is 0 Å². The molecule has 8 heteroatoms. The molecule has 0 radical (unpaired) electrons. The van der Waals surface area contributed by atoms with E-state index in [1.165, 1.54) is 0 Å². The zero-order chi connectivity index (χ0) is 37.6. The van der Waals surface area contributed by atoms with Crippen molar-refractivity contribution in [2.24, 2.45) is 9.98 Å². The Hall–Kier alpha value is -5.96. The first-order chi connectivity index (χ1) is 27.3. The van der Waals surface area contributed by atoms with Gasteiger partial charge in [-0.05, 0) is 65.8 Å². The van der Waals surface area contributed by atoms with Crippen molar-refractivity contribution in [1.29, 1.82) is 0 Å². The molecule has 2 atom stereocenters. The van der Waals surface area contributed by atoms with Gasteiger partial charge in [0.25, 0.3) is 0 Å². The van der Waals surface area contributed by atoms with Crippen LogP contribution in [0.4, 0.5) is 0 Å². The second-order valence-electron chi connectivity index (χ2n) is 13.0. The maximum absolute atomic E-state index is 6.02. The highest BCUT2D eigenvalue weighted by Gasteiger charge is 2.11. The van der Waals surface area contributed by atoms with Gasteiger partial charge in [0, 0.05) is 12.4 Å². The second-order valence-corrected chi connectivity index (χ2v) is 13.0. The summed E-state index contributed by atoms with van der Waals surface area (Å²) in [4.78, 5) is 18.7. The van der Waals surface area contributed by atoms with Crippen LogP contribution >= 0.6 is 0 Å². The van der Waals surface area contributed by atoms with Crippen molar-refractivity contribution in [3.63, 3.8) is 0 Å². The third kappa shape index (κ3) is 13.8. The van der Waals surface area contributed by atoms with Crippen molar-refractivity contribution >= 4 is 12.4 Å². The van der Waals surface area contributed by atoms with Gasteiger partial charge in [-0.15, -0.1) is 0 Å². The molecule has 0 N–H and O–H groups in total. The molecule has 0 amide bonds. The summed E-state index contributed by atoms with van der Waals surface area (Å²) < 4.78 is 23.9. The summed E-state index contributed by atoms with van der Waals surface area (Å²) in [5.41, 5.74) is 6.01. The number of unbranched alkanes of at least 4 members (excludes halogenated alkanes) is 2. The van der Waals surface area contributed by atoms with Gasteiger partial charge in [0.05, 0.1) is 75.5 Å². The minimum atomic E-state index is -0.128. The van der Waals surface area contributed by atoms with E-state index in [-0.39, 0.29) is 12.1 Å². The lowest BCUT2D eigenvalue weighted by Gasteiger charge is -2.14. The predicted octanol–water partition coefficient (Wildman–Crippen LogP) is 9.86. The molecule has 2 heterocycles. The molecule has 0 aliphatic carbocycles. The lowest BCUT2D eigenvalue weighted by Crippen LogP contribution is -2.07. The van der Waals surface area contributed by atoms with E-state index in [1.807, 2.05) is 97.1 Å². The Morgan fingerprint density at radius 2 is 0.855 bits per heavy atom. The molecule has 6 aromatic rings. The highest BCUT2D eigenvalue weighted by atomic mass is 16.5. The van der Waals surface area contributed by atoms with Gasteiger partial charge in [0.1, 0.15) is 11.5 Å². The first kappa shape index (κ1) is 38.8. The predicted molar refractivity (Wildman–Crippen MR) is 219 cm³/mol. The van der Waals surface area contributed by atoms with Crippen LogP contribution in [0, 0.1) is 0 Å². The average molecular weight is 733 g/mol. The summed E-state index contributed by atoms with van der Waals surface area (Å²) in [6, 6.07) is 48.2. The first-order valence-corrected chi connectivity index (χ1v) is 18.9. The van der Waals surface area contributed by atoms with E-state index in [0.717, 1.165) is 64.4 Å². The smallest absolute Gasteiger partial charge is 0.137 e. The van der Waals surface area contributed by atoms with Crippen LogP contribution in [0.15, 0.2) is 168 Å². The fraction of sp³-hybridized carbons (Fsp3) is 0.234. The molecule has 0 aliphatic rings. The lowest BCUT2D eigenvalue weighted by atomic mass is 10.1. The van der Waals surface area contributed by atoms with Crippen LogP contribution in [-0.2, 0) is 22.7 Å². The standard InChI is InChI=1S/C47H48N4O4/c1-6-16-38(17-7-1)34-52-36-46(40-20-10-3-11-21-40)50-30-42-24-26-44(32-48-42)54-28-14-5-15-29-55-45-27-25-43(49-33-45)31-51-47(41-22-12-4-13-23-41)37-53-35-39-18-8-2-9-19-39/h1-4,6-13,16-27,30-33,46-47H,5,14-15,28-29,34-37H2/t46-,47-/m1/s1. The molecule has 55 heavy (non-hydrogen) atoms. The van der Waals surface area contributed by atoms with Gasteiger partial charge in [0.15, 0.2) is 0 Å². The number of hydrogen-bond donors (Lipinski definition) is 0. The van der Waals surface area contributed by atoms with Gasteiger partial charge >= 0.3 is 0 Å². The monoisotopic (exact) mass is 732 g/mol. The molecule has 0 spiro atoms. The quantitative estimate of drug-likeness (QED) is 0.0510. The molecule has 0 bridgehead atoms. The van der Waals surface area contributed by atoms with Crippen molar-refractivity contribution in [1.82, 2.24) is 9.97 Å².